The summed E-state index contributed by atoms with van der Waals surface area (Å²) >= 11 is 0. The van der Waals surface area contributed by atoms with Gasteiger partial charge in [0.05, 0.1) is 17.5 Å². The Bertz CT molecular complexity index is 581. The number of aliphatic hydroxyl groups excluding tert-OH is 1. The van der Waals surface area contributed by atoms with Crippen molar-refractivity contribution in [3.05, 3.63) is 35.3 Å². The molecule has 0 aliphatic carbocycles. The first-order chi connectivity index (χ1) is 10.7. The number of hydrogen-bond donors (Lipinski definition) is 3. The summed E-state index contributed by atoms with van der Waals surface area (Å²) < 4.78 is 5.66. The maximum Gasteiger partial charge on any atom is 0.104 e. The molecule has 0 spiro atoms. The van der Waals surface area contributed by atoms with E-state index in [9.17, 15) is 0 Å². The fraction of sp³-hybridized carbons (Fsp3) is 0.471. The molecule has 1 atom stereocenters. The van der Waals surface area contributed by atoms with Crippen LogP contribution >= 0.6 is 0 Å². The molecule has 0 saturated carbocycles. The molecule has 2 rings (SSSR count). The summed E-state index contributed by atoms with van der Waals surface area (Å²) in [7, 11) is 0. The number of nitrogens with two attached hydrogens (primary N) is 1. The van der Waals surface area contributed by atoms with Gasteiger partial charge >= 0.3 is 0 Å². The van der Waals surface area contributed by atoms with Gasteiger partial charge in [0, 0.05) is 31.1 Å². The molecule has 0 radical (unpaired) electrons. The van der Waals surface area contributed by atoms with Gasteiger partial charge in [-0.2, -0.15) is 0 Å². The molecule has 0 amide bonds. The van der Waals surface area contributed by atoms with E-state index < -0.39 is 0 Å². The predicted octanol–water partition coefficient (Wildman–Crippen LogP) is 1.15. The molecule has 1 aromatic heterocycles. The molecule has 1 fully saturated rings. The van der Waals surface area contributed by atoms with Crippen LogP contribution in [-0.4, -0.2) is 36.0 Å². The van der Waals surface area contributed by atoms with Crippen LogP contribution in [0.15, 0.2) is 18.5 Å². The molecule has 1 aromatic rings. The summed E-state index contributed by atoms with van der Waals surface area (Å²) in [6.07, 6.45) is 7.19. The largest absolute Gasteiger partial charge is 0.396 e. The number of aryl methyl sites for hydroxylation is 1. The lowest BCUT2D eigenvalue weighted by Crippen LogP contribution is -2.29. The highest BCUT2D eigenvalue weighted by Crippen LogP contribution is 2.14. The van der Waals surface area contributed by atoms with Crippen LogP contribution in [0, 0.1) is 18.8 Å². The van der Waals surface area contributed by atoms with Crippen LogP contribution in [-0.2, 0) is 4.74 Å². The quantitative estimate of drug-likeness (QED) is 0.727. The summed E-state index contributed by atoms with van der Waals surface area (Å²) in [4.78, 5) is 4.35. The molecular weight excluding hydrogens is 278 g/mol. The van der Waals surface area contributed by atoms with Crippen LogP contribution in [0.3, 0.4) is 0 Å². The van der Waals surface area contributed by atoms with E-state index in [2.05, 4.69) is 22.1 Å². The van der Waals surface area contributed by atoms with Gasteiger partial charge < -0.3 is 20.9 Å². The smallest absolute Gasteiger partial charge is 0.104 e. The van der Waals surface area contributed by atoms with E-state index >= 15 is 0 Å². The van der Waals surface area contributed by atoms with Crippen molar-refractivity contribution in [2.75, 3.05) is 19.8 Å². The second-order valence-corrected chi connectivity index (χ2v) is 5.35. The van der Waals surface area contributed by atoms with Gasteiger partial charge in [-0.15, -0.1) is 0 Å². The molecular formula is C17H23N3O2. The first kappa shape index (κ1) is 16.3. The zero-order valence-corrected chi connectivity index (χ0v) is 12.9. The molecule has 1 aliphatic heterocycles. The van der Waals surface area contributed by atoms with Gasteiger partial charge in [0.2, 0.25) is 0 Å². The SMILES string of the molecule is Cc1cc(C#CCO)cnc1/C(N)=C/NCC1CCCCO1. The number of pyridine rings is 1. The second kappa shape index (κ2) is 8.42. The average Bonchev–Trinajstić information content (AvgIpc) is 2.54. The molecule has 0 aromatic carbocycles. The van der Waals surface area contributed by atoms with Gasteiger partial charge in [0.15, 0.2) is 0 Å². The van der Waals surface area contributed by atoms with E-state index in [-0.39, 0.29) is 12.7 Å². The van der Waals surface area contributed by atoms with Crippen LogP contribution in [0.4, 0.5) is 0 Å². The molecule has 1 unspecified atom stereocenters. The van der Waals surface area contributed by atoms with Crippen LogP contribution in [0.2, 0.25) is 0 Å². The van der Waals surface area contributed by atoms with Gasteiger partial charge in [-0.05, 0) is 37.8 Å². The Hall–Kier alpha value is -2.03. The third-order valence-corrected chi connectivity index (χ3v) is 3.54. The Morgan fingerprint density at radius 2 is 2.45 bits per heavy atom. The Balaban J connectivity index is 1.95. The fourth-order valence-electron chi connectivity index (χ4n) is 2.42. The summed E-state index contributed by atoms with van der Waals surface area (Å²) in [5.74, 6) is 5.44. The van der Waals surface area contributed by atoms with Crippen molar-refractivity contribution in [3.8, 4) is 11.8 Å². The Morgan fingerprint density at radius 1 is 1.59 bits per heavy atom. The van der Waals surface area contributed by atoms with Crippen molar-refractivity contribution >= 4 is 5.70 Å². The maximum atomic E-state index is 8.70. The summed E-state index contributed by atoms with van der Waals surface area (Å²) in [6.45, 7) is 3.40. The van der Waals surface area contributed by atoms with E-state index in [0.717, 1.165) is 42.8 Å². The minimum absolute atomic E-state index is 0.157. The molecule has 1 aliphatic rings. The van der Waals surface area contributed by atoms with Crippen molar-refractivity contribution in [2.45, 2.75) is 32.3 Å². The van der Waals surface area contributed by atoms with E-state index in [1.54, 1.807) is 12.4 Å². The molecule has 5 heteroatoms. The fourth-order valence-corrected chi connectivity index (χ4v) is 2.42. The standard InChI is InChI=1S/C17H23N3O2/c1-13-9-14(5-4-7-21)10-20-17(13)16(18)12-19-11-15-6-2-3-8-22-15/h9-10,12,15,19,21H,2-3,6-8,11,18H2,1H3/b16-12-. The van der Waals surface area contributed by atoms with Crippen LogP contribution in [0.1, 0.15) is 36.1 Å². The van der Waals surface area contributed by atoms with Gasteiger partial charge in [0.25, 0.3) is 0 Å². The Morgan fingerprint density at radius 3 is 3.14 bits per heavy atom. The zero-order chi connectivity index (χ0) is 15.8. The molecule has 1 saturated heterocycles. The number of nitrogens with zero attached hydrogens (tertiary/aromatic N) is 1. The predicted molar refractivity (Wildman–Crippen MR) is 86.7 cm³/mol. The van der Waals surface area contributed by atoms with Crippen LogP contribution in [0.5, 0.6) is 0 Å². The minimum Gasteiger partial charge on any atom is -0.396 e. The number of aliphatic hydroxyl groups is 1. The second-order valence-electron chi connectivity index (χ2n) is 5.35. The number of rotatable bonds is 4. The van der Waals surface area contributed by atoms with Crippen LogP contribution in [0.25, 0.3) is 5.70 Å². The van der Waals surface area contributed by atoms with E-state index in [0.29, 0.717) is 5.70 Å². The van der Waals surface area contributed by atoms with Crippen molar-refractivity contribution < 1.29 is 9.84 Å². The Labute approximate surface area is 131 Å². The van der Waals surface area contributed by atoms with Gasteiger partial charge in [-0.1, -0.05) is 11.8 Å². The first-order valence-electron chi connectivity index (χ1n) is 7.58. The molecule has 4 N–H and O–H groups in total. The Kier molecular flexibility index (Phi) is 6.26. The monoisotopic (exact) mass is 301 g/mol. The van der Waals surface area contributed by atoms with Crippen molar-refractivity contribution in [1.82, 2.24) is 10.3 Å². The summed E-state index contributed by atoms with van der Waals surface area (Å²) in [6, 6.07) is 1.91. The van der Waals surface area contributed by atoms with Gasteiger partial charge in [-0.3, -0.25) is 4.98 Å². The maximum absolute atomic E-state index is 8.70. The third-order valence-electron chi connectivity index (χ3n) is 3.54. The molecule has 5 nitrogen and oxygen atoms in total. The third kappa shape index (κ3) is 4.76. The molecule has 118 valence electrons. The van der Waals surface area contributed by atoms with Crippen LogP contribution < -0.4 is 11.1 Å². The van der Waals surface area contributed by atoms with Crippen molar-refractivity contribution in [1.29, 1.82) is 0 Å². The van der Waals surface area contributed by atoms with E-state index in [1.165, 1.54) is 6.42 Å². The number of aromatic nitrogens is 1. The lowest BCUT2D eigenvalue weighted by Gasteiger charge is -2.22. The van der Waals surface area contributed by atoms with Crippen molar-refractivity contribution in [2.24, 2.45) is 5.73 Å². The van der Waals surface area contributed by atoms with Gasteiger partial charge in [-0.25, -0.2) is 0 Å². The van der Waals surface area contributed by atoms with E-state index in [1.807, 2.05) is 13.0 Å². The lowest BCUT2D eigenvalue weighted by atomic mass is 10.1. The lowest BCUT2D eigenvalue weighted by molar-refractivity contribution is 0.0188. The number of hydrogen-bond acceptors (Lipinski definition) is 5. The highest BCUT2D eigenvalue weighted by molar-refractivity contribution is 5.62. The summed E-state index contributed by atoms with van der Waals surface area (Å²) in [5.41, 5.74) is 9.14. The molecule has 0 bridgehead atoms. The highest BCUT2D eigenvalue weighted by atomic mass is 16.5. The number of nitrogens with one attached hydrogen (secondary N) is 1. The van der Waals surface area contributed by atoms with Crippen molar-refractivity contribution in [3.63, 3.8) is 0 Å². The number of ether oxygens (including phenoxy) is 1. The first-order valence-corrected chi connectivity index (χ1v) is 7.58. The van der Waals surface area contributed by atoms with Gasteiger partial charge in [0.1, 0.15) is 6.61 Å². The summed E-state index contributed by atoms with van der Waals surface area (Å²) in [5, 5.41) is 11.9. The molecule has 2 heterocycles. The normalized spacial score (nSPS) is 18.5. The minimum atomic E-state index is -0.157. The highest BCUT2D eigenvalue weighted by Gasteiger charge is 2.12. The topological polar surface area (TPSA) is 80.4 Å². The average molecular weight is 301 g/mol. The zero-order valence-electron chi connectivity index (χ0n) is 12.9. The molecule has 22 heavy (non-hydrogen) atoms. The van der Waals surface area contributed by atoms with E-state index in [4.69, 9.17) is 15.6 Å².